The molecule has 7 nitrogen and oxygen atoms in total. The Labute approximate surface area is 162 Å². The lowest BCUT2D eigenvalue weighted by Crippen LogP contribution is -2.42. The van der Waals surface area contributed by atoms with Crippen molar-refractivity contribution in [1.29, 1.82) is 0 Å². The number of hydrogen-bond donors (Lipinski definition) is 1. The number of carboxylic acids is 1. The molecule has 0 saturated carbocycles. The summed E-state index contributed by atoms with van der Waals surface area (Å²) in [6.45, 7) is 2.58. The lowest BCUT2D eigenvalue weighted by molar-refractivity contribution is -0.143. The van der Waals surface area contributed by atoms with Crippen LogP contribution in [0.25, 0.3) is 17.1 Å². The van der Waals surface area contributed by atoms with E-state index >= 15 is 0 Å². The van der Waals surface area contributed by atoms with Gasteiger partial charge >= 0.3 is 5.97 Å². The molecule has 4 rings (SSSR count). The topological polar surface area (TPSA) is 88.6 Å². The number of para-hydroxylation sites is 1. The van der Waals surface area contributed by atoms with Crippen molar-refractivity contribution in [3.63, 3.8) is 0 Å². The Morgan fingerprint density at radius 1 is 1.18 bits per heavy atom. The maximum absolute atomic E-state index is 13.3. The van der Waals surface area contributed by atoms with E-state index < -0.39 is 11.9 Å². The van der Waals surface area contributed by atoms with Gasteiger partial charge in [-0.3, -0.25) is 9.59 Å². The lowest BCUT2D eigenvalue weighted by atomic mass is 9.97. The fourth-order valence-corrected chi connectivity index (χ4v) is 3.52. The molecule has 1 aliphatic heterocycles. The van der Waals surface area contributed by atoms with Crippen molar-refractivity contribution >= 4 is 11.9 Å². The zero-order valence-corrected chi connectivity index (χ0v) is 15.5. The predicted molar refractivity (Wildman–Crippen MR) is 102 cm³/mol. The molecule has 28 heavy (non-hydrogen) atoms. The molecule has 3 heterocycles. The highest BCUT2D eigenvalue weighted by Crippen LogP contribution is 2.28. The first kappa shape index (κ1) is 18.0. The Balaban J connectivity index is 1.73. The molecular weight excluding hydrogens is 358 g/mol. The van der Waals surface area contributed by atoms with E-state index in [9.17, 15) is 14.7 Å². The van der Waals surface area contributed by atoms with E-state index in [0.29, 0.717) is 36.4 Å². The molecule has 1 aromatic carbocycles. The second-order valence-electron chi connectivity index (χ2n) is 7.01. The zero-order valence-electron chi connectivity index (χ0n) is 15.5. The van der Waals surface area contributed by atoms with Crippen LogP contribution in [0.3, 0.4) is 0 Å². The van der Waals surface area contributed by atoms with Crippen LogP contribution in [-0.4, -0.2) is 44.8 Å². The number of carbonyl (C=O) groups excluding carboxylic acids is 1. The Hall–Kier alpha value is -3.35. The summed E-state index contributed by atoms with van der Waals surface area (Å²) in [5.74, 6) is -0.373. The highest BCUT2D eigenvalue weighted by atomic mass is 16.4. The normalized spacial score (nSPS) is 16.9. The Kier molecular flexibility index (Phi) is 4.73. The van der Waals surface area contributed by atoms with Gasteiger partial charge in [-0.15, -0.1) is 0 Å². The van der Waals surface area contributed by atoms with Crippen LogP contribution in [0.1, 0.15) is 29.0 Å². The minimum Gasteiger partial charge on any atom is -0.481 e. The van der Waals surface area contributed by atoms with E-state index in [2.05, 4.69) is 5.10 Å². The van der Waals surface area contributed by atoms with Crippen LogP contribution in [0, 0.1) is 12.8 Å². The molecule has 144 valence electrons. The van der Waals surface area contributed by atoms with Crippen molar-refractivity contribution in [2.24, 2.45) is 5.92 Å². The number of nitrogens with zero attached hydrogens (tertiary/aromatic N) is 3. The van der Waals surface area contributed by atoms with Gasteiger partial charge in [-0.2, -0.15) is 5.10 Å². The van der Waals surface area contributed by atoms with Crippen molar-refractivity contribution in [3.05, 3.63) is 60.0 Å². The van der Waals surface area contributed by atoms with Crippen molar-refractivity contribution in [3.8, 4) is 17.1 Å². The van der Waals surface area contributed by atoms with Crippen LogP contribution in [0.4, 0.5) is 0 Å². The maximum atomic E-state index is 13.3. The van der Waals surface area contributed by atoms with Gasteiger partial charge in [-0.25, -0.2) is 4.68 Å². The molecule has 0 bridgehead atoms. The minimum atomic E-state index is -0.862. The number of benzene rings is 1. The van der Waals surface area contributed by atoms with Gasteiger partial charge in [0.2, 0.25) is 0 Å². The van der Waals surface area contributed by atoms with Crippen LogP contribution in [-0.2, 0) is 4.79 Å². The second kappa shape index (κ2) is 7.34. The number of carbonyl (C=O) groups is 2. The summed E-state index contributed by atoms with van der Waals surface area (Å²) in [5.41, 5.74) is 1.69. The van der Waals surface area contributed by atoms with Crippen LogP contribution in [0.15, 0.2) is 53.1 Å². The summed E-state index contributed by atoms with van der Waals surface area (Å²) >= 11 is 0. The van der Waals surface area contributed by atoms with E-state index in [1.807, 2.05) is 43.3 Å². The van der Waals surface area contributed by atoms with E-state index in [-0.39, 0.29) is 12.5 Å². The number of hydrogen-bond acceptors (Lipinski definition) is 4. The zero-order chi connectivity index (χ0) is 19.7. The van der Waals surface area contributed by atoms with E-state index in [4.69, 9.17) is 4.42 Å². The fourth-order valence-electron chi connectivity index (χ4n) is 3.52. The third-order valence-electron chi connectivity index (χ3n) is 5.00. The number of aryl methyl sites for hydroxylation is 1. The largest absolute Gasteiger partial charge is 0.481 e. The van der Waals surface area contributed by atoms with Gasteiger partial charge in [-0.1, -0.05) is 18.2 Å². The van der Waals surface area contributed by atoms with Crippen molar-refractivity contribution < 1.29 is 19.1 Å². The number of carboxylic acid groups (broad SMARTS) is 1. The SMILES string of the molecule is Cc1ccc(-c2nn(-c3ccccc3)cc2C(=O)N2CCCC(C(=O)O)C2)o1. The Bertz CT molecular complexity index is 1010. The second-order valence-corrected chi connectivity index (χ2v) is 7.01. The standard InChI is InChI=1S/C21H21N3O4/c1-14-9-10-18(28-14)19-17(13-24(22-19)16-7-3-2-4-8-16)20(25)23-11-5-6-15(12-23)21(26)27/h2-4,7-10,13,15H,5-6,11-12H2,1H3,(H,26,27). The van der Waals surface area contributed by atoms with Crippen molar-refractivity contribution in [2.45, 2.75) is 19.8 Å². The minimum absolute atomic E-state index is 0.210. The number of aliphatic carboxylic acids is 1. The quantitative estimate of drug-likeness (QED) is 0.751. The third-order valence-corrected chi connectivity index (χ3v) is 5.00. The van der Waals surface area contributed by atoms with Crippen LogP contribution < -0.4 is 0 Å². The highest BCUT2D eigenvalue weighted by molar-refractivity contribution is 5.99. The maximum Gasteiger partial charge on any atom is 0.308 e. The molecule has 1 amide bonds. The van der Waals surface area contributed by atoms with E-state index in [1.54, 1.807) is 21.8 Å². The molecule has 0 spiro atoms. The molecular formula is C21H21N3O4. The van der Waals surface area contributed by atoms with Crippen molar-refractivity contribution in [2.75, 3.05) is 13.1 Å². The lowest BCUT2D eigenvalue weighted by Gasteiger charge is -2.30. The predicted octanol–water partition coefficient (Wildman–Crippen LogP) is 3.38. The number of aromatic nitrogens is 2. The Morgan fingerprint density at radius 2 is 1.96 bits per heavy atom. The molecule has 7 heteroatoms. The number of furan rings is 1. The number of likely N-dealkylation sites (tertiary alicyclic amines) is 1. The molecule has 3 aromatic rings. The fraction of sp³-hybridized carbons (Fsp3) is 0.286. The van der Waals surface area contributed by atoms with Gasteiger partial charge < -0.3 is 14.4 Å². The summed E-state index contributed by atoms with van der Waals surface area (Å²) in [6, 6.07) is 13.1. The van der Waals surface area contributed by atoms with Gasteiger partial charge in [0.15, 0.2) is 5.76 Å². The highest BCUT2D eigenvalue weighted by Gasteiger charge is 2.31. The molecule has 1 atom stereocenters. The van der Waals surface area contributed by atoms with E-state index in [0.717, 1.165) is 11.4 Å². The number of amides is 1. The Morgan fingerprint density at radius 3 is 2.64 bits per heavy atom. The monoisotopic (exact) mass is 379 g/mol. The van der Waals surface area contributed by atoms with Gasteiger partial charge in [0.05, 0.1) is 17.2 Å². The molecule has 1 N–H and O–H groups in total. The van der Waals surface area contributed by atoms with Gasteiger partial charge in [0, 0.05) is 19.3 Å². The molecule has 0 aliphatic carbocycles. The number of piperidine rings is 1. The average Bonchev–Trinajstić information content (AvgIpc) is 3.34. The molecule has 1 saturated heterocycles. The van der Waals surface area contributed by atoms with Crippen LogP contribution >= 0.6 is 0 Å². The molecule has 1 fully saturated rings. The first-order valence-corrected chi connectivity index (χ1v) is 9.27. The van der Waals surface area contributed by atoms with Gasteiger partial charge in [-0.05, 0) is 44.0 Å². The average molecular weight is 379 g/mol. The summed E-state index contributed by atoms with van der Waals surface area (Å²) in [7, 11) is 0. The third kappa shape index (κ3) is 3.43. The van der Waals surface area contributed by atoms with Crippen LogP contribution in [0.2, 0.25) is 0 Å². The summed E-state index contributed by atoms with van der Waals surface area (Å²) in [4.78, 5) is 26.2. The van der Waals surface area contributed by atoms with Gasteiger partial charge in [0.25, 0.3) is 5.91 Å². The molecule has 1 unspecified atom stereocenters. The molecule has 2 aromatic heterocycles. The smallest absolute Gasteiger partial charge is 0.308 e. The van der Waals surface area contributed by atoms with Crippen molar-refractivity contribution in [1.82, 2.24) is 14.7 Å². The molecule has 0 radical (unpaired) electrons. The first-order valence-electron chi connectivity index (χ1n) is 9.27. The van der Waals surface area contributed by atoms with E-state index in [1.165, 1.54) is 0 Å². The summed E-state index contributed by atoms with van der Waals surface area (Å²) in [6.07, 6.45) is 2.95. The van der Waals surface area contributed by atoms with Crippen LogP contribution in [0.5, 0.6) is 0 Å². The van der Waals surface area contributed by atoms with Gasteiger partial charge in [0.1, 0.15) is 11.5 Å². The number of rotatable bonds is 4. The molecule has 1 aliphatic rings. The summed E-state index contributed by atoms with van der Waals surface area (Å²) in [5, 5.41) is 13.9. The first-order chi connectivity index (χ1) is 13.5. The summed E-state index contributed by atoms with van der Waals surface area (Å²) < 4.78 is 7.37.